The first-order valence-electron chi connectivity index (χ1n) is 12.9. The minimum atomic E-state index is -2.66. The summed E-state index contributed by atoms with van der Waals surface area (Å²) in [6, 6.07) is 1.97. The van der Waals surface area contributed by atoms with Gasteiger partial charge in [-0.3, -0.25) is 4.98 Å². The van der Waals surface area contributed by atoms with Gasteiger partial charge >= 0.3 is 0 Å². The number of thiazole rings is 1. The summed E-state index contributed by atoms with van der Waals surface area (Å²) in [5, 5.41) is 7.80. The second-order valence-electron chi connectivity index (χ2n) is 10.7. The molecule has 3 heterocycles. The molecule has 2 N–H and O–H groups in total. The molecular weight excluding hydrogens is 466 g/mol. The maximum Gasteiger partial charge on any atom is 0.248 e. The predicted octanol–water partition coefficient (Wildman–Crippen LogP) is 6.78. The van der Waals surface area contributed by atoms with E-state index >= 15 is 0 Å². The van der Waals surface area contributed by atoms with Gasteiger partial charge in [-0.1, -0.05) is 6.42 Å². The Bertz CT molecular complexity index is 1230. The zero-order valence-electron chi connectivity index (χ0n) is 20.3. The zero-order chi connectivity index (χ0) is 24.2. The summed E-state index contributed by atoms with van der Waals surface area (Å²) in [5.74, 6) is -0.786. The number of nitrogens with one attached hydrogen (secondary N) is 2. The van der Waals surface area contributed by atoms with Crippen LogP contribution in [0.5, 0.6) is 0 Å². The molecule has 6 nitrogen and oxygen atoms in total. The Morgan fingerprint density at radius 1 is 1.09 bits per heavy atom. The molecule has 3 aromatic rings. The molecule has 0 aliphatic heterocycles. The molecule has 3 aliphatic rings. The molecule has 2 atom stereocenters. The molecule has 3 aliphatic carbocycles. The predicted molar refractivity (Wildman–Crippen MR) is 136 cm³/mol. The van der Waals surface area contributed by atoms with Crippen molar-refractivity contribution in [3.63, 3.8) is 0 Å². The first kappa shape index (κ1) is 23.0. The fraction of sp³-hybridized carbons (Fsp3) is 0.615. The molecule has 35 heavy (non-hydrogen) atoms. The van der Waals surface area contributed by atoms with Crippen molar-refractivity contribution in [3.05, 3.63) is 23.7 Å². The highest BCUT2D eigenvalue weighted by atomic mass is 32.1. The van der Waals surface area contributed by atoms with Crippen LogP contribution >= 0.6 is 11.3 Å². The largest absolute Gasteiger partial charge is 0.367 e. The van der Waals surface area contributed by atoms with Gasteiger partial charge < -0.3 is 10.6 Å². The lowest BCUT2D eigenvalue weighted by atomic mass is 9.85. The highest BCUT2D eigenvalue weighted by molar-refractivity contribution is 7.21. The lowest BCUT2D eigenvalue weighted by Gasteiger charge is -2.25. The van der Waals surface area contributed by atoms with Gasteiger partial charge in [0.2, 0.25) is 11.9 Å². The Morgan fingerprint density at radius 2 is 1.91 bits per heavy atom. The Hall–Kier alpha value is -2.42. The maximum absolute atomic E-state index is 14.0. The minimum absolute atomic E-state index is 0.0450. The van der Waals surface area contributed by atoms with E-state index in [1.165, 1.54) is 32.1 Å². The Labute approximate surface area is 208 Å². The monoisotopic (exact) mass is 498 g/mol. The fourth-order valence-corrected chi connectivity index (χ4v) is 6.42. The molecule has 3 saturated carbocycles. The second-order valence-corrected chi connectivity index (χ2v) is 11.7. The Balaban J connectivity index is 1.35. The molecule has 0 saturated heterocycles. The molecule has 6 rings (SSSR count). The average molecular weight is 499 g/mol. The summed E-state index contributed by atoms with van der Waals surface area (Å²) in [6.07, 6.45) is 9.64. The van der Waals surface area contributed by atoms with E-state index in [2.05, 4.69) is 15.6 Å². The molecule has 0 unspecified atom stereocenters. The van der Waals surface area contributed by atoms with E-state index in [4.69, 9.17) is 15.0 Å². The first-order chi connectivity index (χ1) is 16.8. The number of anilines is 2. The molecule has 0 aromatic carbocycles. The topological polar surface area (TPSA) is 75.6 Å². The Morgan fingerprint density at radius 3 is 2.60 bits per heavy atom. The number of alkyl halides is 2. The zero-order valence-corrected chi connectivity index (χ0v) is 21.1. The van der Waals surface area contributed by atoms with Crippen LogP contribution in [-0.2, 0) is 0 Å². The molecule has 0 spiro atoms. The average Bonchev–Trinajstić information content (AvgIpc) is 3.33. The van der Waals surface area contributed by atoms with Crippen LogP contribution < -0.4 is 10.6 Å². The van der Waals surface area contributed by atoms with Crippen molar-refractivity contribution in [3.8, 4) is 10.6 Å². The SMILES string of the molecule is Cc1nc(NCC2CCC2)nc(N[C@H]2CC[C@@H](C(C)(F)F)C2)c1-c1nc2c(C3CC3)nccc2s1. The van der Waals surface area contributed by atoms with E-state index in [9.17, 15) is 8.78 Å². The molecular formula is C26H32F2N6S. The van der Waals surface area contributed by atoms with Crippen LogP contribution in [0, 0.1) is 18.8 Å². The number of aryl methyl sites for hydroxylation is 1. The van der Waals surface area contributed by atoms with Crippen molar-refractivity contribution in [2.45, 2.75) is 83.1 Å². The highest BCUT2D eigenvalue weighted by Gasteiger charge is 2.40. The van der Waals surface area contributed by atoms with Crippen LogP contribution in [0.4, 0.5) is 20.5 Å². The van der Waals surface area contributed by atoms with Gasteiger partial charge in [0.05, 0.1) is 21.7 Å². The molecule has 0 radical (unpaired) electrons. The minimum Gasteiger partial charge on any atom is -0.367 e. The van der Waals surface area contributed by atoms with E-state index in [0.717, 1.165) is 45.6 Å². The maximum atomic E-state index is 14.0. The molecule has 0 bridgehead atoms. The number of nitrogens with zero attached hydrogens (tertiary/aromatic N) is 4. The Kier molecular flexibility index (Phi) is 5.86. The summed E-state index contributed by atoms with van der Waals surface area (Å²) in [4.78, 5) is 19.3. The van der Waals surface area contributed by atoms with Crippen molar-refractivity contribution in [2.24, 2.45) is 11.8 Å². The highest BCUT2D eigenvalue weighted by Crippen LogP contribution is 2.45. The van der Waals surface area contributed by atoms with Gasteiger partial charge in [-0.25, -0.2) is 18.7 Å². The van der Waals surface area contributed by atoms with E-state index in [1.807, 2.05) is 19.2 Å². The fourth-order valence-electron chi connectivity index (χ4n) is 5.35. The summed E-state index contributed by atoms with van der Waals surface area (Å²) in [7, 11) is 0. The smallest absolute Gasteiger partial charge is 0.248 e. The molecule has 9 heteroatoms. The third kappa shape index (κ3) is 4.71. The van der Waals surface area contributed by atoms with Crippen LogP contribution in [-0.4, -0.2) is 38.4 Å². The van der Waals surface area contributed by atoms with Crippen molar-refractivity contribution in [1.29, 1.82) is 0 Å². The van der Waals surface area contributed by atoms with Crippen LogP contribution in [0.2, 0.25) is 0 Å². The van der Waals surface area contributed by atoms with Gasteiger partial charge in [-0.2, -0.15) is 4.98 Å². The van der Waals surface area contributed by atoms with E-state index in [0.29, 0.717) is 42.9 Å². The van der Waals surface area contributed by atoms with Crippen LogP contribution in [0.15, 0.2) is 12.3 Å². The number of hydrogen-bond acceptors (Lipinski definition) is 7. The lowest BCUT2D eigenvalue weighted by Crippen LogP contribution is -2.25. The van der Waals surface area contributed by atoms with Gasteiger partial charge in [-0.05, 0) is 70.8 Å². The summed E-state index contributed by atoms with van der Waals surface area (Å²) >= 11 is 1.63. The van der Waals surface area contributed by atoms with E-state index in [1.54, 1.807) is 11.3 Å². The van der Waals surface area contributed by atoms with Crippen LogP contribution in [0.3, 0.4) is 0 Å². The third-order valence-corrected chi connectivity index (χ3v) is 8.91. The molecule has 0 amide bonds. The number of hydrogen-bond donors (Lipinski definition) is 2. The summed E-state index contributed by atoms with van der Waals surface area (Å²) in [6.45, 7) is 3.89. The van der Waals surface area contributed by atoms with Crippen molar-refractivity contribution >= 4 is 33.3 Å². The number of rotatable bonds is 8. The van der Waals surface area contributed by atoms with Crippen molar-refractivity contribution in [2.75, 3.05) is 17.2 Å². The van der Waals surface area contributed by atoms with Crippen LogP contribution in [0.25, 0.3) is 20.8 Å². The number of aromatic nitrogens is 4. The van der Waals surface area contributed by atoms with Gasteiger partial charge in [0.1, 0.15) is 16.3 Å². The van der Waals surface area contributed by atoms with Crippen LogP contribution in [0.1, 0.15) is 75.6 Å². The molecule has 3 aromatic heterocycles. The van der Waals surface area contributed by atoms with Gasteiger partial charge in [0, 0.05) is 30.6 Å². The van der Waals surface area contributed by atoms with E-state index in [-0.39, 0.29) is 6.04 Å². The second kappa shape index (κ2) is 8.91. The first-order valence-corrected chi connectivity index (χ1v) is 13.7. The van der Waals surface area contributed by atoms with Crippen molar-refractivity contribution < 1.29 is 8.78 Å². The van der Waals surface area contributed by atoms with Gasteiger partial charge in [-0.15, -0.1) is 11.3 Å². The number of fused-ring (bicyclic) bond motifs is 1. The number of pyridine rings is 1. The van der Waals surface area contributed by atoms with Crippen molar-refractivity contribution in [1.82, 2.24) is 19.9 Å². The summed E-state index contributed by atoms with van der Waals surface area (Å²) in [5.41, 5.74) is 3.77. The standard InChI is InChI=1S/C26H32F2N6S/c1-14-20(24-33-22-19(35-24)10-11-29-21(22)16-6-7-16)23(32-18-9-8-17(12-18)26(2,27)28)34-25(31-14)30-13-15-4-3-5-15/h10-11,15-18H,3-9,12-13H2,1-2H3,(H2,30,31,32,34)/t17-,18+/m1/s1. The van der Waals surface area contributed by atoms with E-state index < -0.39 is 11.8 Å². The normalized spacial score (nSPS) is 23.0. The quantitative estimate of drug-likeness (QED) is 0.356. The molecule has 3 fully saturated rings. The lowest BCUT2D eigenvalue weighted by molar-refractivity contribution is -0.0369. The van der Waals surface area contributed by atoms with Gasteiger partial charge in [0.25, 0.3) is 0 Å². The third-order valence-electron chi connectivity index (χ3n) is 7.87. The number of halogens is 2. The molecule has 186 valence electrons. The van der Waals surface area contributed by atoms with Gasteiger partial charge in [0.15, 0.2) is 0 Å². The summed E-state index contributed by atoms with van der Waals surface area (Å²) < 4.78 is 29.1.